The maximum Gasteiger partial charge on any atom is 0.328 e. The molecule has 0 bridgehead atoms. The summed E-state index contributed by atoms with van der Waals surface area (Å²) in [5.41, 5.74) is 6.31. The first-order valence-corrected chi connectivity index (χ1v) is 7.32. The number of benzene rings is 1. The number of aliphatic carboxylic acids is 1. The lowest BCUT2D eigenvalue weighted by atomic mass is 10.1. The molecule has 0 aliphatic rings. The van der Waals surface area contributed by atoms with E-state index in [4.69, 9.17) is 15.6 Å². The predicted octanol–water partition coefficient (Wildman–Crippen LogP) is 1.33. The minimum atomic E-state index is -1.09. The van der Waals surface area contributed by atoms with Crippen LogP contribution in [0.2, 0.25) is 0 Å². The van der Waals surface area contributed by atoms with Crippen molar-refractivity contribution in [3.63, 3.8) is 0 Å². The average molecular weight is 319 g/mol. The van der Waals surface area contributed by atoms with E-state index in [0.29, 0.717) is 5.69 Å². The lowest BCUT2D eigenvalue weighted by Gasteiger charge is -2.19. The van der Waals surface area contributed by atoms with E-state index in [0.717, 1.165) is 10.9 Å². The van der Waals surface area contributed by atoms with Crippen molar-refractivity contribution in [2.24, 2.45) is 5.73 Å². The maximum atomic E-state index is 12.0. The number of aromatic nitrogens is 2. The maximum absolute atomic E-state index is 12.0. The third kappa shape index (κ3) is 4.29. The molecule has 0 spiro atoms. The number of hydrogen-bond acceptors (Lipinski definition) is 5. The van der Waals surface area contributed by atoms with E-state index < -0.39 is 23.6 Å². The van der Waals surface area contributed by atoms with Crippen LogP contribution in [0.5, 0.6) is 0 Å². The highest BCUT2D eigenvalue weighted by Crippen LogP contribution is 2.20. The Morgan fingerprint density at radius 1 is 1.35 bits per heavy atom. The number of fused-ring (bicyclic) bond motifs is 1. The zero-order valence-corrected chi connectivity index (χ0v) is 13.4. The number of esters is 1. The fourth-order valence-corrected chi connectivity index (χ4v) is 2.26. The third-order valence-corrected chi connectivity index (χ3v) is 3.16. The molecular weight excluding hydrogens is 298 g/mol. The number of nitrogens with zero attached hydrogens (tertiary/aromatic N) is 2. The van der Waals surface area contributed by atoms with Gasteiger partial charge in [0.05, 0.1) is 11.2 Å². The quantitative estimate of drug-likeness (QED) is 0.805. The molecule has 2 aromatic rings. The van der Waals surface area contributed by atoms with E-state index in [9.17, 15) is 9.59 Å². The van der Waals surface area contributed by atoms with Gasteiger partial charge in [0.2, 0.25) is 0 Å². The number of carbonyl (C=O) groups excluding carboxylic acids is 1. The van der Waals surface area contributed by atoms with Gasteiger partial charge in [0.1, 0.15) is 18.2 Å². The van der Waals surface area contributed by atoms with Gasteiger partial charge in [0.25, 0.3) is 0 Å². The van der Waals surface area contributed by atoms with Gasteiger partial charge in [0, 0.05) is 11.8 Å². The largest absolute Gasteiger partial charge is 0.480 e. The Kier molecular flexibility index (Phi) is 4.70. The van der Waals surface area contributed by atoms with Gasteiger partial charge in [-0.25, -0.2) is 0 Å². The van der Waals surface area contributed by atoms with Gasteiger partial charge < -0.3 is 15.6 Å². The van der Waals surface area contributed by atoms with Crippen LogP contribution in [0.25, 0.3) is 10.9 Å². The fourth-order valence-electron chi connectivity index (χ4n) is 2.26. The summed E-state index contributed by atoms with van der Waals surface area (Å²) in [5, 5.41) is 14.1. The van der Waals surface area contributed by atoms with Crippen molar-refractivity contribution in [1.82, 2.24) is 9.78 Å². The van der Waals surface area contributed by atoms with E-state index in [1.807, 2.05) is 24.3 Å². The average Bonchev–Trinajstić information content (AvgIpc) is 2.75. The van der Waals surface area contributed by atoms with Crippen molar-refractivity contribution in [3.05, 3.63) is 30.0 Å². The highest BCUT2D eigenvalue weighted by atomic mass is 16.6. The molecule has 1 aromatic heterocycles. The lowest BCUT2D eigenvalue weighted by molar-refractivity contribution is -0.155. The second-order valence-corrected chi connectivity index (χ2v) is 6.36. The predicted molar refractivity (Wildman–Crippen MR) is 84.9 cm³/mol. The normalized spacial score (nSPS) is 13.0. The number of nitrogens with two attached hydrogens (primary N) is 1. The molecule has 124 valence electrons. The Morgan fingerprint density at radius 2 is 2.00 bits per heavy atom. The minimum Gasteiger partial charge on any atom is -0.480 e. The Bertz CT molecular complexity index is 730. The van der Waals surface area contributed by atoms with Crippen LogP contribution in [0, 0.1) is 0 Å². The Hall–Kier alpha value is -2.41. The van der Waals surface area contributed by atoms with Gasteiger partial charge in [-0.15, -0.1) is 0 Å². The van der Waals surface area contributed by atoms with E-state index in [1.54, 1.807) is 20.8 Å². The van der Waals surface area contributed by atoms with Crippen molar-refractivity contribution in [2.75, 3.05) is 0 Å². The van der Waals surface area contributed by atoms with Crippen molar-refractivity contribution < 1.29 is 19.4 Å². The van der Waals surface area contributed by atoms with Crippen LogP contribution in [-0.2, 0) is 27.3 Å². The molecule has 7 nitrogen and oxygen atoms in total. The van der Waals surface area contributed by atoms with E-state index in [-0.39, 0.29) is 13.0 Å². The van der Waals surface area contributed by atoms with Crippen molar-refractivity contribution >= 4 is 22.8 Å². The van der Waals surface area contributed by atoms with Gasteiger partial charge in [-0.2, -0.15) is 5.10 Å². The molecule has 0 radical (unpaired) electrons. The number of ether oxygens (including phenoxy) is 1. The van der Waals surface area contributed by atoms with Crippen LogP contribution < -0.4 is 5.73 Å². The summed E-state index contributed by atoms with van der Waals surface area (Å²) in [6.45, 7) is 5.34. The molecule has 0 fully saturated rings. The molecular formula is C16H21N3O4. The fraction of sp³-hybridized carbons (Fsp3) is 0.438. The van der Waals surface area contributed by atoms with E-state index in [1.165, 1.54) is 4.68 Å². The first-order valence-electron chi connectivity index (χ1n) is 7.32. The molecule has 0 aliphatic heterocycles. The Balaban J connectivity index is 2.30. The SMILES string of the molecule is CC(C)(C)OC(=O)Cn1nc(CC(N)C(=O)O)c2ccccc21. The highest BCUT2D eigenvalue weighted by Gasteiger charge is 2.21. The highest BCUT2D eigenvalue weighted by molar-refractivity contribution is 5.84. The molecule has 0 aliphatic carbocycles. The summed E-state index contributed by atoms with van der Waals surface area (Å²) in [7, 11) is 0. The molecule has 0 saturated carbocycles. The number of para-hydroxylation sites is 1. The first kappa shape index (κ1) is 17.0. The Labute approximate surface area is 134 Å². The number of carbonyl (C=O) groups is 2. The lowest BCUT2D eigenvalue weighted by Crippen LogP contribution is -2.32. The van der Waals surface area contributed by atoms with Crippen LogP contribution in [0.15, 0.2) is 24.3 Å². The van der Waals surface area contributed by atoms with Crippen LogP contribution in [0.3, 0.4) is 0 Å². The van der Waals surface area contributed by atoms with Crippen molar-refractivity contribution in [2.45, 2.75) is 45.4 Å². The van der Waals surface area contributed by atoms with Crippen molar-refractivity contribution in [3.8, 4) is 0 Å². The smallest absolute Gasteiger partial charge is 0.328 e. The number of carboxylic acid groups (broad SMARTS) is 1. The number of hydrogen-bond donors (Lipinski definition) is 2. The van der Waals surface area contributed by atoms with Gasteiger partial charge in [-0.05, 0) is 26.8 Å². The molecule has 1 atom stereocenters. The topological polar surface area (TPSA) is 107 Å². The van der Waals surface area contributed by atoms with Crippen LogP contribution in [0.4, 0.5) is 0 Å². The third-order valence-electron chi connectivity index (χ3n) is 3.16. The second-order valence-electron chi connectivity index (χ2n) is 6.36. The molecule has 1 unspecified atom stereocenters. The number of rotatable bonds is 5. The summed E-state index contributed by atoms with van der Waals surface area (Å²) in [6.07, 6.45) is 0.0944. The van der Waals surface area contributed by atoms with Crippen LogP contribution >= 0.6 is 0 Å². The molecule has 3 N–H and O–H groups in total. The van der Waals surface area contributed by atoms with Gasteiger partial charge in [-0.1, -0.05) is 18.2 Å². The van der Waals surface area contributed by atoms with Crippen LogP contribution in [0.1, 0.15) is 26.5 Å². The number of carboxylic acids is 1. The Morgan fingerprint density at radius 3 is 2.61 bits per heavy atom. The standard InChI is InChI=1S/C16H21N3O4/c1-16(2,3)23-14(20)9-19-13-7-5-4-6-10(13)12(18-19)8-11(17)15(21)22/h4-7,11H,8-9,17H2,1-3H3,(H,21,22). The molecule has 0 amide bonds. The van der Waals surface area contributed by atoms with Gasteiger partial charge >= 0.3 is 11.9 Å². The molecule has 7 heteroatoms. The summed E-state index contributed by atoms with van der Waals surface area (Å²) >= 11 is 0. The molecule has 23 heavy (non-hydrogen) atoms. The van der Waals surface area contributed by atoms with E-state index in [2.05, 4.69) is 5.10 Å². The zero-order chi connectivity index (χ0) is 17.2. The van der Waals surface area contributed by atoms with Gasteiger partial charge in [0.15, 0.2) is 0 Å². The minimum absolute atomic E-state index is 0.0416. The molecule has 0 saturated heterocycles. The molecule has 1 heterocycles. The molecule has 2 rings (SSSR count). The monoisotopic (exact) mass is 319 g/mol. The summed E-state index contributed by atoms with van der Waals surface area (Å²) < 4.78 is 6.82. The second kappa shape index (κ2) is 6.37. The first-order chi connectivity index (χ1) is 10.7. The summed E-state index contributed by atoms with van der Waals surface area (Å²) in [5.74, 6) is -1.49. The van der Waals surface area contributed by atoms with E-state index >= 15 is 0 Å². The van der Waals surface area contributed by atoms with Gasteiger partial charge in [-0.3, -0.25) is 14.3 Å². The molecule has 1 aromatic carbocycles. The zero-order valence-electron chi connectivity index (χ0n) is 13.4. The summed E-state index contributed by atoms with van der Waals surface area (Å²) in [6, 6.07) is 6.28. The summed E-state index contributed by atoms with van der Waals surface area (Å²) in [4.78, 5) is 23.0. The van der Waals surface area contributed by atoms with Crippen molar-refractivity contribution in [1.29, 1.82) is 0 Å². The van der Waals surface area contributed by atoms with Crippen LogP contribution in [-0.4, -0.2) is 38.5 Å².